The van der Waals surface area contributed by atoms with E-state index in [-0.39, 0.29) is 11.5 Å². The number of rotatable bonds is 3. The van der Waals surface area contributed by atoms with E-state index >= 15 is 0 Å². The van der Waals surface area contributed by atoms with E-state index in [1.807, 2.05) is 20.9 Å². The van der Waals surface area contributed by atoms with Crippen LogP contribution in [0.5, 0.6) is 0 Å². The lowest BCUT2D eigenvalue weighted by Gasteiger charge is -2.21. The molecule has 0 saturated heterocycles. The minimum absolute atomic E-state index is 0.160. The van der Waals surface area contributed by atoms with Crippen LogP contribution in [0.25, 0.3) is 0 Å². The SMILES string of the molecule is CNC(C)(C)CC(=O)OC. The van der Waals surface area contributed by atoms with E-state index in [1.54, 1.807) is 0 Å². The third-order valence-electron chi connectivity index (χ3n) is 1.49. The Morgan fingerprint density at radius 3 is 2.40 bits per heavy atom. The minimum Gasteiger partial charge on any atom is -0.469 e. The fourth-order valence-corrected chi connectivity index (χ4v) is 0.521. The first-order chi connectivity index (χ1) is 4.52. The van der Waals surface area contributed by atoms with E-state index in [0.29, 0.717) is 6.42 Å². The van der Waals surface area contributed by atoms with Crippen molar-refractivity contribution in [3.63, 3.8) is 0 Å². The number of methoxy groups -OCH3 is 1. The highest BCUT2D eigenvalue weighted by atomic mass is 16.5. The molecule has 0 aliphatic heterocycles. The second-order valence-electron chi connectivity index (χ2n) is 2.89. The van der Waals surface area contributed by atoms with E-state index in [1.165, 1.54) is 7.11 Å². The normalized spacial score (nSPS) is 11.2. The van der Waals surface area contributed by atoms with Crippen molar-refractivity contribution in [3.05, 3.63) is 0 Å². The lowest BCUT2D eigenvalue weighted by molar-refractivity contribution is -0.142. The number of hydrogen-bond acceptors (Lipinski definition) is 3. The molecule has 0 aromatic heterocycles. The zero-order valence-electron chi connectivity index (χ0n) is 7.02. The quantitative estimate of drug-likeness (QED) is 0.589. The predicted molar refractivity (Wildman–Crippen MR) is 39.8 cm³/mol. The summed E-state index contributed by atoms with van der Waals surface area (Å²) in [5, 5.41) is 3.01. The van der Waals surface area contributed by atoms with Crippen molar-refractivity contribution >= 4 is 5.97 Å². The van der Waals surface area contributed by atoms with Crippen LogP contribution in [0.3, 0.4) is 0 Å². The monoisotopic (exact) mass is 145 g/mol. The van der Waals surface area contributed by atoms with E-state index in [9.17, 15) is 4.79 Å². The molecule has 1 N–H and O–H groups in total. The van der Waals surface area contributed by atoms with Crippen molar-refractivity contribution in [2.24, 2.45) is 0 Å². The highest BCUT2D eigenvalue weighted by Crippen LogP contribution is 2.07. The predicted octanol–water partition coefficient (Wildman–Crippen LogP) is 0.547. The van der Waals surface area contributed by atoms with Crippen LogP contribution in [-0.2, 0) is 9.53 Å². The summed E-state index contributed by atoms with van der Waals surface area (Å²) in [6.45, 7) is 3.90. The molecule has 0 fully saturated rings. The zero-order chi connectivity index (χ0) is 8.20. The maximum absolute atomic E-state index is 10.7. The molecular formula is C7H15NO2. The summed E-state index contributed by atoms with van der Waals surface area (Å²) in [4.78, 5) is 10.7. The second kappa shape index (κ2) is 3.56. The Hall–Kier alpha value is -0.570. The molecule has 0 aliphatic rings. The maximum atomic E-state index is 10.7. The average Bonchev–Trinajstić information content (AvgIpc) is 1.87. The molecule has 10 heavy (non-hydrogen) atoms. The molecule has 0 aromatic rings. The van der Waals surface area contributed by atoms with Crippen molar-refractivity contribution in [1.29, 1.82) is 0 Å². The smallest absolute Gasteiger partial charge is 0.307 e. The molecule has 0 unspecified atom stereocenters. The molecule has 0 aromatic carbocycles. The van der Waals surface area contributed by atoms with Crippen molar-refractivity contribution in [2.75, 3.05) is 14.2 Å². The van der Waals surface area contributed by atoms with Crippen LogP contribution in [-0.4, -0.2) is 25.7 Å². The van der Waals surface area contributed by atoms with Gasteiger partial charge >= 0.3 is 5.97 Å². The highest BCUT2D eigenvalue weighted by Gasteiger charge is 2.19. The number of nitrogens with one attached hydrogen (secondary N) is 1. The number of carbonyl (C=O) groups excluding carboxylic acids is 1. The van der Waals surface area contributed by atoms with E-state index < -0.39 is 0 Å². The molecule has 60 valence electrons. The van der Waals surface area contributed by atoms with Gasteiger partial charge in [0.15, 0.2) is 0 Å². The van der Waals surface area contributed by atoms with E-state index in [2.05, 4.69) is 10.1 Å². The standard InChI is InChI=1S/C7H15NO2/c1-7(2,8-3)5-6(9)10-4/h8H,5H2,1-4H3. The topological polar surface area (TPSA) is 38.3 Å². The van der Waals surface area contributed by atoms with Crippen molar-refractivity contribution < 1.29 is 9.53 Å². The average molecular weight is 145 g/mol. The van der Waals surface area contributed by atoms with Gasteiger partial charge in [0.25, 0.3) is 0 Å². The lowest BCUT2D eigenvalue weighted by Crippen LogP contribution is -2.38. The number of ether oxygens (including phenoxy) is 1. The van der Waals surface area contributed by atoms with Gasteiger partial charge < -0.3 is 10.1 Å². The first-order valence-corrected chi connectivity index (χ1v) is 3.27. The zero-order valence-corrected chi connectivity index (χ0v) is 7.02. The lowest BCUT2D eigenvalue weighted by atomic mass is 10.0. The van der Waals surface area contributed by atoms with Crippen LogP contribution < -0.4 is 5.32 Å². The third-order valence-corrected chi connectivity index (χ3v) is 1.49. The first-order valence-electron chi connectivity index (χ1n) is 3.27. The van der Waals surface area contributed by atoms with Crippen molar-refractivity contribution in [3.8, 4) is 0 Å². The maximum Gasteiger partial charge on any atom is 0.307 e. The van der Waals surface area contributed by atoms with Crippen molar-refractivity contribution in [1.82, 2.24) is 5.32 Å². The van der Waals surface area contributed by atoms with Gasteiger partial charge in [-0.05, 0) is 20.9 Å². The van der Waals surface area contributed by atoms with Gasteiger partial charge in [-0.2, -0.15) is 0 Å². The second-order valence-corrected chi connectivity index (χ2v) is 2.89. The van der Waals surface area contributed by atoms with Crippen LogP contribution >= 0.6 is 0 Å². The molecule has 3 heteroatoms. The molecule has 0 radical (unpaired) electrons. The van der Waals surface area contributed by atoms with Gasteiger partial charge in [-0.3, -0.25) is 4.79 Å². The van der Waals surface area contributed by atoms with E-state index in [0.717, 1.165) is 0 Å². The van der Waals surface area contributed by atoms with Crippen molar-refractivity contribution in [2.45, 2.75) is 25.8 Å². The summed E-state index contributed by atoms with van der Waals surface area (Å²) in [5.74, 6) is -0.181. The molecule has 0 atom stereocenters. The molecule has 0 spiro atoms. The number of carbonyl (C=O) groups is 1. The molecular weight excluding hydrogens is 130 g/mol. The molecule has 0 amide bonds. The number of esters is 1. The van der Waals surface area contributed by atoms with E-state index in [4.69, 9.17) is 0 Å². The Balaban J connectivity index is 3.76. The Bertz CT molecular complexity index is 121. The molecule has 0 aliphatic carbocycles. The van der Waals surface area contributed by atoms with Crippen LogP contribution in [0.4, 0.5) is 0 Å². The van der Waals surface area contributed by atoms with Crippen LogP contribution in [0.1, 0.15) is 20.3 Å². The van der Waals surface area contributed by atoms with Gasteiger partial charge in [-0.1, -0.05) is 0 Å². The Kier molecular flexibility index (Phi) is 3.36. The number of hydrogen-bond donors (Lipinski definition) is 1. The molecule has 0 heterocycles. The first kappa shape index (κ1) is 9.43. The summed E-state index contributed by atoms with van der Waals surface area (Å²) < 4.78 is 4.51. The molecule has 0 bridgehead atoms. The van der Waals surface area contributed by atoms with Gasteiger partial charge in [0.05, 0.1) is 13.5 Å². The molecule has 3 nitrogen and oxygen atoms in total. The van der Waals surface area contributed by atoms with Crippen LogP contribution in [0, 0.1) is 0 Å². The third kappa shape index (κ3) is 3.45. The summed E-state index contributed by atoms with van der Waals surface area (Å²) in [6, 6.07) is 0. The summed E-state index contributed by atoms with van der Waals surface area (Å²) in [5.41, 5.74) is -0.160. The Labute approximate surface area is 61.8 Å². The molecule has 0 rings (SSSR count). The summed E-state index contributed by atoms with van der Waals surface area (Å²) >= 11 is 0. The summed E-state index contributed by atoms with van der Waals surface area (Å²) in [6.07, 6.45) is 0.403. The molecule has 0 saturated carbocycles. The highest BCUT2D eigenvalue weighted by molar-refractivity contribution is 5.70. The summed E-state index contributed by atoms with van der Waals surface area (Å²) in [7, 11) is 3.22. The van der Waals surface area contributed by atoms with Gasteiger partial charge in [-0.25, -0.2) is 0 Å². The minimum atomic E-state index is -0.181. The largest absolute Gasteiger partial charge is 0.469 e. The van der Waals surface area contributed by atoms with Crippen LogP contribution in [0.15, 0.2) is 0 Å². The Morgan fingerprint density at radius 1 is 1.60 bits per heavy atom. The van der Waals surface area contributed by atoms with Gasteiger partial charge in [0.1, 0.15) is 0 Å². The van der Waals surface area contributed by atoms with Gasteiger partial charge in [0.2, 0.25) is 0 Å². The van der Waals surface area contributed by atoms with Gasteiger partial charge in [-0.15, -0.1) is 0 Å². The van der Waals surface area contributed by atoms with Crippen LogP contribution in [0.2, 0.25) is 0 Å². The fraction of sp³-hybridized carbons (Fsp3) is 0.857. The fourth-order valence-electron chi connectivity index (χ4n) is 0.521. The van der Waals surface area contributed by atoms with Gasteiger partial charge in [0, 0.05) is 5.54 Å². The Morgan fingerprint density at radius 2 is 2.10 bits per heavy atom.